The summed E-state index contributed by atoms with van der Waals surface area (Å²) >= 11 is 3.32. The number of thiazole rings is 2. The van der Waals surface area contributed by atoms with Crippen molar-refractivity contribution in [2.75, 3.05) is 26.0 Å². The zero-order chi connectivity index (χ0) is 19.6. The summed E-state index contributed by atoms with van der Waals surface area (Å²) in [6.45, 7) is 4.61. The molecule has 2 heterocycles. The van der Waals surface area contributed by atoms with Gasteiger partial charge in [-0.1, -0.05) is 0 Å². The van der Waals surface area contributed by atoms with Crippen LogP contribution in [0, 0.1) is 19.8 Å². The third-order valence-electron chi connectivity index (χ3n) is 4.86. The smallest absolute Gasteiger partial charge is 0.278 e. The van der Waals surface area contributed by atoms with Crippen LogP contribution < -0.4 is 10.0 Å². The number of hydrogen-bond acceptors (Lipinski definition) is 7. The van der Waals surface area contributed by atoms with E-state index >= 15 is 0 Å². The van der Waals surface area contributed by atoms with E-state index in [4.69, 9.17) is 4.98 Å². The van der Waals surface area contributed by atoms with Gasteiger partial charge in [-0.15, -0.1) is 22.7 Å². The maximum absolute atomic E-state index is 11.8. The minimum absolute atomic E-state index is 0.393. The molecular weight excluding hydrogens is 402 g/mol. The number of nitrogens with one attached hydrogen (secondary N) is 2. The van der Waals surface area contributed by atoms with Gasteiger partial charge in [-0.2, -0.15) is 12.7 Å². The molecule has 0 aliphatic heterocycles. The van der Waals surface area contributed by atoms with Crippen LogP contribution in [-0.4, -0.2) is 49.4 Å². The van der Waals surface area contributed by atoms with Crippen LogP contribution in [0.1, 0.15) is 35.6 Å². The Hall–Kier alpha value is -1.07. The van der Waals surface area contributed by atoms with Crippen LogP contribution in [0.2, 0.25) is 0 Å². The number of rotatable bonds is 7. The van der Waals surface area contributed by atoms with Gasteiger partial charge in [0.25, 0.3) is 10.2 Å². The second-order valence-corrected chi connectivity index (χ2v) is 11.4. The van der Waals surface area contributed by atoms with Crippen LogP contribution in [-0.2, 0) is 10.2 Å². The summed E-state index contributed by atoms with van der Waals surface area (Å²) in [4.78, 5) is 10.5. The van der Waals surface area contributed by atoms with Gasteiger partial charge in [0.1, 0.15) is 11.4 Å². The largest absolute Gasteiger partial charge is 0.359 e. The highest BCUT2D eigenvalue weighted by Gasteiger charge is 2.24. The molecule has 1 fully saturated rings. The Kier molecular flexibility index (Phi) is 6.52. The predicted octanol–water partition coefficient (Wildman–Crippen LogP) is 3.25. The van der Waals surface area contributed by atoms with Crippen molar-refractivity contribution < 1.29 is 8.42 Å². The van der Waals surface area contributed by atoms with E-state index in [1.807, 2.05) is 6.92 Å². The monoisotopic (exact) mass is 429 g/mol. The quantitative estimate of drug-likeness (QED) is 0.705. The van der Waals surface area contributed by atoms with Gasteiger partial charge in [0, 0.05) is 36.9 Å². The van der Waals surface area contributed by atoms with Gasteiger partial charge < -0.3 is 5.32 Å². The molecular formula is C17H27N5O2S3. The molecule has 0 atom stereocenters. The molecule has 1 saturated carbocycles. The Bertz CT molecular complexity index is 867. The average Bonchev–Trinajstić information content (AvgIpc) is 3.20. The fourth-order valence-electron chi connectivity index (χ4n) is 3.25. The van der Waals surface area contributed by atoms with Gasteiger partial charge in [-0.05, 0) is 45.4 Å². The first-order valence-corrected chi connectivity index (χ1v) is 12.2. The van der Waals surface area contributed by atoms with Gasteiger partial charge in [-0.3, -0.25) is 0 Å². The molecule has 2 N–H and O–H groups in total. The topological polar surface area (TPSA) is 87.2 Å². The molecule has 1 aliphatic carbocycles. The van der Waals surface area contributed by atoms with Gasteiger partial charge in [0.05, 0.1) is 5.01 Å². The lowest BCUT2D eigenvalue weighted by Gasteiger charge is -2.29. The lowest BCUT2D eigenvalue weighted by Crippen LogP contribution is -2.39. The Morgan fingerprint density at radius 1 is 1.19 bits per heavy atom. The Morgan fingerprint density at radius 3 is 2.48 bits per heavy atom. The van der Waals surface area contributed by atoms with Crippen molar-refractivity contribution in [3.63, 3.8) is 0 Å². The van der Waals surface area contributed by atoms with Gasteiger partial charge >= 0.3 is 0 Å². The number of nitrogens with zero attached hydrogens (tertiary/aromatic N) is 3. The zero-order valence-corrected chi connectivity index (χ0v) is 18.6. The summed E-state index contributed by atoms with van der Waals surface area (Å²) in [6.07, 6.45) is 4.07. The second kappa shape index (κ2) is 8.52. The lowest BCUT2D eigenvalue weighted by molar-refractivity contribution is 0.335. The van der Waals surface area contributed by atoms with Crippen molar-refractivity contribution in [2.45, 2.75) is 45.6 Å². The zero-order valence-electron chi connectivity index (χ0n) is 16.2. The Morgan fingerprint density at radius 2 is 1.89 bits per heavy atom. The molecule has 150 valence electrons. The van der Waals surface area contributed by atoms with Crippen LogP contribution >= 0.6 is 22.7 Å². The molecule has 7 nitrogen and oxygen atoms in total. The highest BCUT2D eigenvalue weighted by Crippen LogP contribution is 2.32. The van der Waals surface area contributed by atoms with Crippen LogP contribution in [0.5, 0.6) is 0 Å². The van der Waals surface area contributed by atoms with Crippen molar-refractivity contribution in [3.8, 4) is 11.4 Å². The second-order valence-electron chi connectivity index (χ2n) is 7.17. The van der Waals surface area contributed by atoms with Crippen molar-refractivity contribution >= 4 is 38.0 Å². The van der Waals surface area contributed by atoms with E-state index in [2.05, 4.69) is 27.3 Å². The van der Waals surface area contributed by atoms with E-state index in [0.29, 0.717) is 18.5 Å². The molecule has 0 spiro atoms. The normalized spacial score (nSPS) is 20.9. The molecule has 10 heteroatoms. The number of anilines is 1. The van der Waals surface area contributed by atoms with E-state index in [0.717, 1.165) is 47.2 Å². The van der Waals surface area contributed by atoms with E-state index in [9.17, 15) is 8.42 Å². The molecule has 0 unspecified atom stereocenters. The van der Waals surface area contributed by atoms with Crippen LogP contribution in [0.4, 0.5) is 5.13 Å². The highest BCUT2D eigenvalue weighted by molar-refractivity contribution is 7.87. The SMILES string of the molecule is Cc1nc(-c2csc(N[C@H]3CC[C@H](CNS(=O)(=O)N(C)C)CC3)n2)c(C)s1. The van der Waals surface area contributed by atoms with E-state index < -0.39 is 10.2 Å². The number of hydrogen-bond donors (Lipinski definition) is 2. The van der Waals surface area contributed by atoms with E-state index in [1.54, 1.807) is 36.8 Å². The van der Waals surface area contributed by atoms with Crippen molar-refractivity contribution in [2.24, 2.45) is 5.92 Å². The molecule has 0 radical (unpaired) electrons. The molecule has 0 aromatic carbocycles. The summed E-state index contributed by atoms with van der Waals surface area (Å²) in [7, 11) is -0.248. The molecule has 2 aromatic rings. The Balaban J connectivity index is 1.49. The molecule has 1 aliphatic rings. The standard InChI is InChI=1S/C17H27N5O2S3/c1-11-16(19-12(2)26-11)15-10-25-17(21-15)20-14-7-5-13(6-8-14)9-18-27(23,24)22(3)4/h10,13-14,18H,5-9H2,1-4H3,(H,20,21)/t13-,14-. The summed E-state index contributed by atoms with van der Waals surface area (Å²) < 4.78 is 27.5. The van der Waals surface area contributed by atoms with E-state index in [1.165, 1.54) is 9.18 Å². The van der Waals surface area contributed by atoms with Crippen LogP contribution in [0.3, 0.4) is 0 Å². The minimum Gasteiger partial charge on any atom is -0.359 e. The highest BCUT2D eigenvalue weighted by atomic mass is 32.2. The third kappa shape index (κ3) is 5.26. The first-order chi connectivity index (χ1) is 12.7. The van der Waals surface area contributed by atoms with Gasteiger partial charge in [-0.25, -0.2) is 14.7 Å². The molecule has 2 aromatic heterocycles. The average molecular weight is 430 g/mol. The fourth-order valence-corrected chi connectivity index (χ4v) is 5.56. The predicted molar refractivity (Wildman–Crippen MR) is 113 cm³/mol. The maximum Gasteiger partial charge on any atom is 0.278 e. The lowest BCUT2D eigenvalue weighted by atomic mass is 9.86. The van der Waals surface area contributed by atoms with E-state index in [-0.39, 0.29) is 0 Å². The molecule has 0 amide bonds. The Labute approximate surface area is 169 Å². The number of aromatic nitrogens is 2. The molecule has 3 rings (SSSR count). The van der Waals surface area contributed by atoms with Crippen LogP contribution in [0.15, 0.2) is 5.38 Å². The first kappa shape index (κ1) is 20.7. The van der Waals surface area contributed by atoms with Crippen LogP contribution in [0.25, 0.3) is 11.4 Å². The maximum atomic E-state index is 11.8. The van der Waals surface area contributed by atoms with Gasteiger partial charge in [0.2, 0.25) is 0 Å². The third-order valence-corrected chi connectivity index (χ3v) is 8.01. The summed E-state index contributed by atoms with van der Waals surface area (Å²) in [5, 5.41) is 7.61. The fraction of sp³-hybridized carbons (Fsp3) is 0.647. The minimum atomic E-state index is -3.33. The number of aryl methyl sites for hydroxylation is 2. The molecule has 0 bridgehead atoms. The summed E-state index contributed by atoms with van der Waals surface area (Å²) in [5.41, 5.74) is 1.93. The molecule has 0 saturated heterocycles. The first-order valence-electron chi connectivity index (χ1n) is 9.08. The summed E-state index contributed by atoms with van der Waals surface area (Å²) in [5.74, 6) is 0.394. The van der Waals surface area contributed by atoms with Crippen molar-refractivity contribution in [1.82, 2.24) is 19.0 Å². The van der Waals surface area contributed by atoms with Crippen molar-refractivity contribution in [1.29, 1.82) is 0 Å². The van der Waals surface area contributed by atoms with Crippen molar-refractivity contribution in [3.05, 3.63) is 15.3 Å². The molecule has 27 heavy (non-hydrogen) atoms. The summed E-state index contributed by atoms with van der Waals surface area (Å²) in [6, 6.07) is 0.393. The van der Waals surface area contributed by atoms with Gasteiger partial charge in [0.15, 0.2) is 5.13 Å².